The highest BCUT2D eigenvalue weighted by Gasteiger charge is 1.99. The van der Waals surface area contributed by atoms with Crippen LogP contribution in [0.4, 0.5) is 0 Å². The van der Waals surface area contributed by atoms with E-state index in [0.29, 0.717) is 19.1 Å². The van der Waals surface area contributed by atoms with Crippen LogP contribution in [0, 0.1) is 13.8 Å². The van der Waals surface area contributed by atoms with Gasteiger partial charge < -0.3 is 9.47 Å². The number of hydrogen-bond donors (Lipinski definition) is 0. The molecule has 0 amide bonds. The van der Waals surface area contributed by atoms with E-state index in [0.717, 1.165) is 11.3 Å². The van der Waals surface area contributed by atoms with Crippen LogP contribution in [0.15, 0.2) is 6.07 Å². The Labute approximate surface area is 77.9 Å². The molecule has 0 bridgehead atoms. The first-order valence-electron chi connectivity index (χ1n) is 4.16. The van der Waals surface area contributed by atoms with Crippen LogP contribution in [0.2, 0.25) is 0 Å². The Balaban J connectivity index is 2.53. The van der Waals surface area contributed by atoms with E-state index < -0.39 is 0 Å². The Morgan fingerprint density at radius 3 is 2.62 bits per heavy atom. The molecule has 0 N–H and O–H groups in total. The first-order chi connectivity index (χ1) is 6.24. The van der Waals surface area contributed by atoms with Crippen LogP contribution in [-0.2, 0) is 4.74 Å². The quantitative estimate of drug-likeness (QED) is 0.654. The monoisotopic (exact) mass is 182 g/mol. The summed E-state index contributed by atoms with van der Waals surface area (Å²) in [5.41, 5.74) is 2.02. The first kappa shape index (κ1) is 9.92. The SMILES string of the molecule is COCCOc1cc(C)c(C)nn1. The van der Waals surface area contributed by atoms with Gasteiger partial charge in [0.2, 0.25) is 5.88 Å². The van der Waals surface area contributed by atoms with Crippen molar-refractivity contribution in [2.75, 3.05) is 20.3 Å². The normalized spacial score (nSPS) is 10.1. The number of nitrogens with zero attached hydrogens (tertiary/aromatic N) is 2. The van der Waals surface area contributed by atoms with Gasteiger partial charge in [-0.05, 0) is 19.4 Å². The third kappa shape index (κ3) is 2.99. The molecule has 0 radical (unpaired) electrons. The molecule has 0 fully saturated rings. The van der Waals surface area contributed by atoms with Crippen LogP contribution in [0.25, 0.3) is 0 Å². The third-order valence-corrected chi connectivity index (χ3v) is 1.75. The molecule has 72 valence electrons. The number of hydrogen-bond acceptors (Lipinski definition) is 4. The van der Waals surface area contributed by atoms with Crippen LogP contribution in [0.5, 0.6) is 5.88 Å². The second-order valence-electron chi connectivity index (χ2n) is 2.79. The lowest BCUT2D eigenvalue weighted by Gasteiger charge is -2.04. The van der Waals surface area contributed by atoms with Gasteiger partial charge in [-0.25, -0.2) is 0 Å². The van der Waals surface area contributed by atoms with E-state index in [1.165, 1.54) is 0 Å². The summed E-state index contributed by atoms with van der Waals surface area (Å²) in [5, 5.41) is 7.82. The molecule has 0 saturated heterocycles. The molecule has 1 aromatic rings. The molecule has 0 aliphatic heterocycles. The van der Waals surface area contributed by atoms with Crippen molar-refractivity contribution < 1.29 is 9.47 Å². The zero-order chi connectivity index (χ0) is 9.68. The zero-order valence-electron chi connectivity index (χ0n) is 8.20. The zero-order valence-corrected chi connectivity index (χ0v) is 8.20. The van der Waals surface area contributed by atoms with Gasteiger partial charge in [0.15, 0.2) is 0 Å². The van der Waals surface area contributed by atoms with Crippen LogP contribution in [-0.4, -0.2) is 30.5 Å². The Morgan fingerprint density at radius 1 is 1.23 bits per heavy atom. The number of aryl methyl sites for hydroxylation is 2. The molecular formula is C9H14N2O2. The average Bonchev–Trinajstić information content (AvgIpc) is 2.12. The van der Waals surface area contributed by atoms with Gasteiger partial charge in [0.1, 0.15) is 6.61 Å². The van der Waals surface area contributed by atoms with Crippen molar-refractivity contribution in [3.8, 4) is 5.88 Å². The molecule has 0 saturated carbocycles. The fraction of sp³-hybridized carbons (Fsp3) is 0.556. The summed E-state index contributed by atoms with van der Waals surface area (Å²) in [4.78, 5) is 0. The summed E-state index contributed by atoms with van der Waals surface area (Å²) in [6.07, 6.45) is 0. The van der Waals surface area contributed by atoms with Crippen molar-refractivity contribution in [1.29, 1.82) is 0 Å². The van der Waals surface area contributed by atoms with Gasteiger partial charge in [0.25, 0.3) is 0 Å². The van der Waals surface area contributed by atoms with E-state index >= 15 is 0 Å². The van der Waals surface area contributed by atoms with Crippen molar-refractivity contribution >= 4 is 0 Å². The largest absolute Gasteiger partial charge is 0.474 e. The van der Waals surface area contributed by atoms with Gasteiger partial charge >= 0.3 is 0 Å². The molecule has 0 aliphatic rings. The van der Waals surface area contributed by atoms with Gasteiger partial charge in [-0.15, -0.1) is 5.10 Å². The highest BCUT2D eigenvalue weighted by Crippen LogP contribution is 2.09. The lowest BCUT2D eigenvalue weighted by Crippen LogP contribution is -2.06. The molecule has 0 unspecified atom stereocenters. The molecule has 1 aromatic heterocycles. The topological polar surface area (TPSA) is 44.2 Å². The fourth-order valence-corrected chi connectivity index (χ4v) is 0.822. The molecule has 1 heterocycles. The van der Waals surface area contributed by atoms with Crippen molar-refractivity contribution in [2.24, 2.45) is 0 Å². The third-order valence-electron chi connectivity index (χ3n) is 1.75. The van der Waals surface area contributed by atoms with Crippen LogP contribution in [0.3, 0.4) is 0 Å². The highest BCUT2D eigenvalue weighted by atomic mass is 16.5. The summed E-state index contributed by atoms with van der Waals surface area (Å²) in [7, 11) is 1.63. The van der Waals surface area contributed by atoms with Crippen molar-refractivity contribution in [3.05, 3.63) is 17.3 Å². The molecule has 4 heteroatoms. The second-order valence-corrected chi connectivity index (χ2v) is 2.79. The molecule has 13 heavy (non-hydrogen) atoms. The van der Waals surface area contributed by atoms with Gasteiger partial charge in [-0.2, -0.15) is 5.10 Å². The maximum absolute atomic E-state index is 5.28. The number of methoxy groups -OCH3 is 1. The minimum Gasteiger partial charge on any atom is -0.474 e. The minimum atomic E-state index is 0.508. The molecule has 0 aromatic carbocycles. The number of aromatic nitrogens is 2. The van der Waals surface area contributed by atoms with Crippen molar-refractivity contribution in [1.82, 2.24) is 10.2 Å². The lowest BCUT2D eigenvalue weighted by atomic mass is 10.2. The lowest BCUT2D eigenvalue weighted by molar-refractivity contribution is 0.143. The molecule has 0 atom stereocenters. The Hall–Kier alpha value is -1.16. The average molecular weight is 182 g/mol. The standard InChI is InChI=1S/C9H14N2O2/c1-7-6-9(11-10-8(7)2)13-5-4-12-3/h6H,4-5H2,1-3H3. The van der Waals surface area contributed by atoms with E-state index in [2.05, 4.69) is 10.2 Å². The molecular weight excluding hydrogens is 168 g/mol. The van der Waals surface area contributed by atoms with Crippen LogP contribution >= 0.6 is 0 Å². The van der Waals surface area contributed by atoms with Gasteiger partial charge in [-0.1, -0.05) is 0 Å². The highest BCUT2D eigenvalue weighted by molar-refractivity contribution is 5.21. The van der Waals surface area contributed by atoms with E-state index in [4.69, 9.17) is 9.47 Å². The Kier molecular flexibility index (Phi) is 3.64. The van der Waals surface area contributed by atoms with Gasteiger partial charge in [-0.3, -0.25) is 0 Å². The Morgan fingerprint density at radius 2 is 2.00 bits per heavy atom. The van der Waals surface area contributed by atoms with Crippen molar-refractivity contribution in [2.45, 2.75) is 13.8 Å². The maximum atomic E-state index is 5.28. The van der Waals surface area contributed by atoms with Gasteiger partial charge in [0.05, 0.1) is 12.3 Å². The minimum absolute atomic E-state index is 0.508. The van der Waals surface area contributed by atoms with E-state index in [1.807, 2.05) is 19.9 Å². The fourth-order valence-electron chi connectivity index (χ4n) is 0.822. The van der Waals surface area contributed by atoms with E-state index in [-0.39, 0.29) is 0 Å². The predicted octanol–water partition coefficient (Wildman–Crippen LogP) is 1.12. The Bertz CT molecular complexity index is 276. The summed E-state index contributed by atoms with van der Waals surface area (Å²) < 4.78 is 10.1. The van der Waals surface area contributed by atoms with E-state index in [1.54, 1.807) is 7.11 Å². The summed E-state index contributed by atoms with van der Waals surface area (Å²) in [5.74, 6) is 0.556. The summed E-state index contributed by atoms with van der Waals surface area (Å²) >= 11 is 0. The van der Waals surface area contributed by atoms with Crippen molar-refractivity contribution in [3.63, 3.8) is 0 Å². The molecule has 0 spiro atoms. The number of ether oxygens (including phenoxy) is 2. The molecule has 1 rings (SSSR count). The predicted molar refractivity (Wildman–Crippen MR) is 48.9 cm³/mol. The molecule has 4 nitrogen and oxygen atoms in total. The maximum Gasteiger partial charge on any atom is 0.233 e. The second kappa shape index (κ2) is 4.77. The summed E-state index contributed by atoms with van der Waals surface area (Å²) in [6.45, 7) is 4.97. The van der Waals surface area contributed by atoms with E-state index in [9.17, 15) is 0 Å². The van der Waals surface area contributed by atoms with Crippen LogP contribution in [0.1, 0.15) is 11.3 Å². The summed E-state index contributed by atoms with van der Waals surface area (Å²) in [6, 6.07) is 1.87. The molecule has 0 aliphatic carbocycles. The first-order valence-corrected chi connectivity index (χ1v) is 4.16. The van der Waals surface area contributed by atoms with Gasteiger partial charge in [0, 0.05) is 13.2 Å². The van der Waals surface area contributed by atoms with Crippen LogP contribution < -0.4 is 4.74 Å². The smallest absolute Gasteiger partial charge is 0.233 e. The number of rotatable bonds is 4.